The summed E-state index contributed by atoms with van der Waals surface area (Å²) in [7, 11) is 2.09. The first-order valence-electron chi connectivity index (χ1n) is 7.73. The minimum absolute atomic E-state index is 0.131. The monoisotopic (exact) mass is 327 g/mol. The van der Waals surface area contributed by atoms with Crippen molar-refractivity contribution in [2.45, 2.75) is 13.0 Å². The molecule has 1 N–H and O–H groups in total. The Morgan fingerprint density at radius 1 is 1.30 bits per heavy atom. The van der Waals surface area contributed by atoms with E-state index in [0.717, 1.165) is 38.3 Å². The van der Waals surface area contributed by atoms with Crippen molar-refractivity contribution in [3.63, 3.8) is 0 Å². The van der Waals surface area contributed by atoms with Gasteiger partial charge in [-0.3, -0.25) is 9.69 Å². The fourth-order valence-corrected chi connectivity index (χ4v) is 2.44. The molecule has 2 rings (SSSR count). The summed E-state index contributed by atoms with van der Waals surface area (Å²) in [6.07, 6.45) is 0. The number of ether oxygens (including phenoxy) is 1. The molecular weight excluding hydrogens is 304 g/mol. The topological polar surface area (TPSA) is 44.8 Å². The van der Waals surface area contributed by atoms with Gasteiger partial charge in [-0.05, 0) is 26.1 Å². The minimum Gasteiger partial charge on any atom is -0.481 e. The van der Waals surface area contributed by atoms with Gasteiger partial charge in [0.15, 0.2) is 18.2 Å². The summed E-state index contributed by atoms with van der Waals surface area (Å²) < 4.78 is 31.2. The molecule has 1 atom stereocenters. The minimum atomic E-state index is -0.816. The summed E-state index contributed by atoms with van der Waals surface area (Å²) in [5.41, 5.74) is 0. The van der Waals surface area contributed by atoms with Crippen LogP contribution in [-0.2, 0) is 4.79 Å². The SMILES string of the molecule is CC(CNC(=O)COc1ccc(F)cc1F)N1CCN(C)CC1. The zero-order valence-corrected chi connectivity index (χ0v) is 13.5. The summed E-state index contributed by atoms with van der Waals surface area (Å²) in [6, 6.07) is 3.22. The first-order chi connectivity index (χ1) is 11.0. The predicted molar refractivity (Wildman–Crippen MR) is 83.4 cm³/mol. The zero-order chi connectivity index (χ0) is 16.8. The number of halogens is 2. The van der Waals surface area contributed by atoms with Crippen LogP contribution in [-0.4, -0.2) is 68.1 Å². The molecule has 0 radical (unpaired) electrons. The van der Waals surface area contributed by atoms with Crippen molar-refractivity contribution in [2.24, 2.45) is 0 Å². The molecule has 0 bridgehead atoms. The van der Waals surface area contributed by atoms with Crippen LogP contribution in [0.5, 0.6) is 5.75 Å². The number of piperazine rings is 1. The fraction of sp³-hybridized carbons (Fsp3) is 0.562. The highest BCUT2D eigenvalue weighted by Gasteiger charge is 2.19. The first-order valence-corrected chi connectivity index (χ1v) is 7.73. The van der Waals surface area contributed by atoms with E-state index >= 15 is 0 Å². The standard InChI is InChI=1S/C16H23F2N3O2/c1-12(21-7-5-20(2)6-8-21)10-19-16(22)11-23-15-4-3-13(17)9-14(15)18/h3-4,9,12H,5-8,10-11H2,1-2H3,(H,19,22). The van der Waals surface area contributed by atoms with Crippen molar-refractivity contribution in [1.29, 1.82) is 0 Å². The molecule has 1 aliphatic rings. The fourth-order valence-electron chi connectivity index (χ4n) is 2.44. The number of carbonyl (C=O) groups excluding carboxylic acids is 1. The Hall–Kier alpha value is -1.73. The third kappa shape index (κ3) is 5.44. The van der Waals surface area contributed by atoms with Crippen LogP contribution < -0.4 is 10.1 Å². The number of nitrogens with zero attached hydrogens (tertiary/aromatic N) is 2. The third-order valence-corrected chi connectivity index (χ3v) is 4.01. The van der Waals surface area contributed by atoms with E-state index in [1.807, 2.05) is 0 Å². The lowest BCUT2D eigenvalue weighted by atomic mass is 10.2. The second-order valence-corrected chi connectivity index (χ2v) is 5.86. The Morgan fingerprint density at radius 2 is 2.00 bits per heavy atom. The molecule has 0 spiro atoms. The molecule has 1 aromatic rings. The molecule has 1 saturated heterocycles. The molecular formula is C16H23F2N3O2. The molecule has 1 unspecified atom stereocenters. The lowest BCUT2D eigenvalue weighted by molar-refractivity contribution is -0.123. The van der Waals surface area contributed by atoms with Gasteiger partial charge in [-0.15, -0.1) is 0 Å². The molecule has 1 amide bonds. The van der Waals surface area contributed by atoms with Crippen LogP contribution in [0, 0.1) is 11.6 Å². The average molecular weight is 327 g/mol. The van der Waals surface area contributed by atoms with Crippen LogP contribution in [0.1, 0.15) is 6.92 Å². The number of nitrogens with one attached hydrogen (secondary N) is 1. The number of hydrogen-bond acceptors (Lipinski definition) is 4. The van der Waals surface area contributed by atoms with Gasteiger partial charge in [0.2, 0.25) is 0 Å². The van der Waals surface area contributed by atoms with Crippen LogP contribution in [0.4, 0.5) is 8.78 Å². The molecule has 128 valence electrons. The first kappa shape index (κ1) is 17.6. The summed E-state index contributed by atoms with van der Waals surface area (Å²) >= 11 is 0. The molecule has 1 aliphatic heterocycles. The van der Waals surface area contributed by atoms with Crippen LogP contribution in [0.15, 0.2) is 18.2 Å². The van der Waals surface area contributed by atoms with Gasteiger partial charge in [0.25, 0.3) is 5.91 Å². The molecule has 5 nitrogen and oxygen atoms in total. The van der Waals surface area contributed by atoms with E-state index in [-0.39, 0.29) is 24.3 Å². The third-order valence-electron chi connectivity index (χ3n) is 4.01. The van der Waals surface area contributed by atoms with E-state index < -0.39 is 11.6 Å². The van der Waals surface area contributed by atoms with Gasteiger partial charge >= 0.3 is 0 Å². The van der Waals surface area contributed by atoms with E-state index in [9.17, 15) is 13.6 Å². The maximum atomic E-state index is 13.4. The smallest absolute Gasteiger partial charge is 0.257 e. The lowest BCUT2D eigenvalue weighted by Crippen LogP contribution is -2.51. The lowest BCUT2D eigenvalue weighted by Gasteiger charge is -2.36. The Morgan fingerprint density at radius 3 is 2.65 bits per heavy atom. The van der Waals surface area contributed by atoms with Crippen molar-refractivity contribution >= 4 is 5.91 Å². The summed E-state index contributed by atoms with van der Waals surface area (Å²) in [5, 5.41) is 2.78. The molecule has 0 aromatic heterocycles. The van der Waals surface area contributed by atoms with E-state index in [0.29, 0.717) is 6.54 Å². The number of carbonyl (C=O) groups is 1. The highest BCUT2D eigenvalue weighted by Crippen LogP contribution is 2.17. The summed E-state index contributed by atoms with van der Waals surface area (Å²) in [5.74, 6) is -1.95. The van der Waals surface area contributed by atoms with Crippen molar-refractivity contribution in [3.8, 4) is 5.75 Å². The Kier molecular flexibility index (Phi) is 6.29. The van der Waals surface area contributed by atoms with Crippen LogP contribution in [0.3, 0.4) is 0 Å². The molecule has 0 aliphatic carbocycles. The molecule has 1 aromatic carbocycles. The van der Waals surface area contributed by atoms with Gasteiger partial charge in [0, 0.05) is 44.8 Å². The van der Waals surface area contributed by atoms with Gasteiger partial charge in [-0.1, -0.05) is 0 Å². The number of likely N-dealkylation sites (N-methyl/N-ethyl adjacent to an activating group) is 1. The van der Waals surface area contributed by atoms with Crippen molar-refractivity contribution < 1.29 is 18.3 Å². The average Bonchev–Trinajstić information content (AvgIpc) is 2.52. The van der Waals surface area contributed by atoms with Crippen molar-refractivity contribution in [1.82, 2.24) is 15.1 Å². The second-order valence-electron chi connectivity index (χ2n) is 5.86. The summed E-state index contributed by atoms with van der Waals surface area (Å²) in [6.45, 7) is 6.27. The van der Waals surface area contributed by atoms with E-state index in [4.69, 9.17) is 4.74 Å². The number of rotatable bonds is 6. The number of hydrogen-bond donors (Lipinski definition) is 1. The quantitative estimate of drug-likeness (QED) is 0.850. The van der Waals surface area contributed by atoms with Crippen LogP contribution >= 0.6 is 0 Å². The summed E-state index contributed by atoms with van der Waals surface area (Å²) in [4.78, 5) is 16.4. The molecule has 0 saturated carbocycles. The van der Waals surface area contributed by atoms with Gasteiger partial charge in [0.1, 0.15) is 5.82 Å². The van der Waals surface area contributed by atoms with E-state index in [2.05, 4.69) is 29.1 Å². The van der Waals surface area contributed by atoms with Gasteiger partial charge in [-0.25, -0.2) is 8.78 Å². The molecule has 1 heterocycles. The van der Waals surface area contributed by atoms with Crippen molar-refractivity contribution in [2.75, 3.05) is 46.4 Å². The maximum absolute atomic E-state index is 13.4. The maximum Gasteiger partial charge on any atom is 0.257 e. The van der Waals surface area contributed by atoms with E-state index in [1.54, 1.807) is 0 Å². The van der Waals surface area contributed by atoms with Crippen molar-refractivity contribution in [3.05, 3.63) is 29.8 Å². The largest absolute Gasteiger partial charge is 0.481 e. The molecule has 7 heteroatoms. The Balaban J connectivity index is 1.70. The van der Waals surface area contributed by atoms with Gasteiger partial charge in [0.05, 0.1) is 0 Å². The van der Waals surface area contributed by atoms with Crippen LogP contribution in [0.2, 0.25) is 0 Å². The van der Waals surface area contributed by atoms with Gasteiger partial charge in [-0.2, -0.15) is 0 Å². The van der Waals surface area contributed by atoms with Gasteiger partial charge < -0.3 is 15.0 Å². The van der Waals surface area contributed by atoms with E-state index in [1.165, 1.54) is 6.07 Å². The Labute approximate surface area is 135 Å². The molecule has 1 fully saturated rings. The molecule has 23 heavy (non-hydrogen) atoms. The number of amides is 1. The Bertz CT molecular complexity index is 534. The number of benzene rings is 1. The highest BCUT2D eigenvalue weighted by molar-refractivity contribution is 5.77. The predicted octanol–water partition coefficient (Wildman–Crippen LogP) is 1.10. The normalized spacial score (nSPS) is 17.7. The zero-order valence-electron chi connectivity index (χ0n) is 13.5. The second kappa shape index (κ2) is 8.21. The van der Waals surface area contributed by atoms with Crippen LogP contribution in [0.25, 0.3) is 0 Å². The highest BCUT2D eigenvalue weighted by atomic mass is 19.1.